The Morgan fingerprint density at radius 3 is 2.90 bits per heavy atom. The first-order valence-corrected chi connectivity index (χ1v) is 8.28. The van der Waals surface area contributed by atoms with E-state index in [1.807, 2.05) is 18.2 Å². The van der Waals surface area contributed by atoms with Gasteiger partial charge in [-0.2, -0.15) is 0 Å². The second-order valence-electron chi connectivity index (χ2n) is 3.78. The lowest BCUT2D eigenvalue weighted by atomic mass is 10.3. The first-order valence-electron chi connectivity index (χ1n) is 6.03. The fourth-order valence-electron chi connectivity index (χ4n) is 1.10. The molecule has 1 unspecified atom stereocenters. The number of pyridine rings is 1. The molecule has 1 amide bonds. The quantitative estimate of drug-likeness (QED) is 0.343. The number of rotatable bonds is 6. The summed E-state index contributed by atoms with van der Waals surface area (Å²) in [5.41, 5.74) is 0.819. The predicted molar refractivity (Wildman–Crippen MR) is 82.9 cm³/mol. The fraction of sp³-hybridized carbons (Fsp3) is 0.417. The van der Waals surface area contributed by atoms with Crippen LogP contribution in [0.25, 0.3) is 0 Å². The molecule has 0 saturated heterocycles. The average molecular weight is 331 g/mol. The van der Waals surface area contributed by atoms with Gasteiger partial charge < -0.3 is 0 Å². The van der Waals surface area contributed by atoms with Crippen LogP contribution in [0.5, 0.6) is 0 Å². The zero-order valence-corrected chi connectivity index (χ0v) is 13.6. The van der Waals surface area contributed by atoms with Crippen molar-refractivity contribution in [2.75, 3.05) is 19.9 Å². The van der Waals surface area contributed by atoms with E-state index >= 15 is 0 Å². The van der Waals surface area contributed by atoms with Gasteiger partial charge in [0.05, 0.1) is 6.61 Å². The van der Waals surface area contributed by atoms with E-state index in [1.54, 1.807) is 19.4 Å². The van der Waals surface area contributed by atoms with Gasteiger partial charge in [0.25, 0.3) is 11.3 Å². The third-order valence-electron chi connectivity index (χ3n) is 2.30. The largest absolute Gasteiger partial charge is 0.449 e. The highest BCUT2D eigenvalue weighted by Crippen LogP contribution is 2.03. The number of hydrogen-bond acceptors (Lipinski definition) is 7. The molecule has 0 aliphatic carbocycles. The van der Waals surface area contributed by atoms with E-state index in [0.717, 1.165) is 10.00 Å². The molecule has 1 rings (SSSR count). The molecule has 0 N–H and O–H groups in total. The number of hydrogen-bond donors (Lipinski definition) is 0. The van der Waals surface area contributed by atoms with Crippen LogP contribution in [0.4, 0.5) is 4.79 Å². The van der Waals surface area contributed by atoms with E-state index in [4.69, 9.17) is 4.18 Å². The van der Waals surface area contributed by atoms with E-state index in [9.17, 15) is 9.00 Å². The zero-order chi connectivity index (χ0) is 15.7. The Labute approximate surface area is 130 Å². The molecule has 0 fully saturated rings. The third-order valence-corrected chi connectivity index (χ3v) is 3.93. The van der Waals surface area contributed by atoms with E-state index < -0.39 is 17.4 Å². The summed E-state index contributed by atoms with van der Waals surface area (Å²) in [7, 11) is 1.31. The van der Waals surface area contributed by atoms with Gasteiger partial charge >= 0.3 is 6.09 Å². The van der Waals surface area contributed by atoms with E-state index in [0.29, 0.717) is 11.5 Å². The van der Waals surface area contributed by atoms with Crippen LogP contribution in [0.15, 0.2) is 29.6 Å². The summed E-state index contributed by atoms with van der Waals surface area (Å²) < 4.78 is 17.6. The number of oxime groups is 1. The highest BCUT2D eigenvalue weighted by Gasteiger charge is 2.18. The van der Waals surface area contributed by atoms with Crippen molar-refractivity contribution in [3.8, 4) is 0 Å². The summed E-state index contributed by atoms with van der Waals surface area (Å²) in [5, 5.41) is 4.14. The monoisotopic (exact) mass is 331 g/mol. The molecule has 0 bridgehead atoms. The lowest BCUT2D eigenvalue weighted by Crippen LogP contribution is -2.30. The van der Waals surface area contributed by atoms with Crippen molar-refractivity contribution in [3.05, 3.63) is 30.1 Å². The molecular formula is C12H17N3O4S2. The Hall–Kier alpha value is -1.45. The Balaban J connectivity index is 2.35. The minimum absolute atomic E-state index is 0.175. The van der Waals surface area contributed by atoms with Gasteiger partial charge in [0.2, 0.25) is 0 Å². The number of nitrogens with zero attached hydrogens (tertiary/aromatic N) is 3. The molecule has 0 aliphatic heterocycles. The molecule has 0 aromatic carbocycles. The lowest BCUT2D eigenvalue weighted by molar-refractivity contribution is 0.133. The van der Waals surface area contributed by atoms with Crippen molar-refractivity contribution in [1.29, 1.82) is 0 Å². The minimum atomic E-state index is -1.93. The summed E-state index contributed by atoms with van der Waals surface area (Å²) in [5.74, 6) is 0. The predicted octanol–water partition coefficient (Wildman–Crippen LogP) is 1.98. The summed E-state index contributed by atoms with van der Waals surface area (Å²) in [4.78, 5) is 20.3. The molecule has 0 aliphatic rings. The summed E-state index contributed by atoms with van der Waals surface area (Å²) in [6.07, 6.45) is 3.12. The van der Waals surface area contributed by atoms with E-state index in [2.05, 4.69) is 15.0 Å². The second-order valence-corrected chi connectivity index (χ2v) is 6.00. The molecule has 1 atom stereocenters. The van der Waals surface area contributed by atoms with Crippen molar-refractivity contribution < 1.29 is 18.0 Å². The normalized spacial score (nSPS) is 12.8. The fourth-order valence-corrected chi connectivity index (χ4v) is 1.75. The van der Waals surface area contributed by atoms with Crippen molar-refractivity contribution in [2.45, 2.75) is 13.3 Å². The van der Waals surface area contributed by atoms with Crippen LogP contribution in [0, 0.1) is 0 Å². The Kier molecular flexibility index (Phi) is 7.95. The maximum atomic E-state index is 11.7. The first-order chi connectivity index (χ1) is 10.0. The standard InChI is InChI=1S/C12H17N3O4S2/c1-10(20-3)14-19-12(16)15(2)21(17)18-9-7-11-6-4-5-8-13-11/h4-6,8H,7,9H2,1-3H3/b14-10+. The van der Waals surface area contributed by atoms with Gasteiger partial charge in [-0.05, 0) is 25.3 Å². The smallest absolute Gasteiger partial charge is 0.296 e. The maximum absolute atomic E-state index is 11.7. The van der Waals surface area contributed by atoms with Crippen LogP contribution in [-0.2, 0) is 26.7 Å². The molecule has 0 saturated carbocycles. The van der Waals surface area contributed by atoms with Crippen molar-refractivity contribution in [1.82, 2.24) is 9.29 Å². The minimum Gasteiger partial charge on any atom is -0.296 e. The Bertz CT molecular complexity index is 510. The number of thioether (sulfide) groups is 1. The number of amides is 1. The molecule has 7 nitrogen and oxygen atoms in total. The highest BCUT2D eigenvalue weighted by molar-refractivity contribution is 8.13. The topological polar surface area (TPSA) is 81.1 Å². The van der Waals surface area contributed by atoms with E-state index in [-0.39, 0.29) is 6.61 Å². The van der Waals surface area contributed by atoms with Crippen LogP contribution < -0.4 is 0 Å². The van der Waals surface area contributed by atoms with Gasteiger partial charge in [0.1, 0.15) is 5.04 Å². The molecule has 21 heavy (non-hydrogen) atoms. The molecule has 1 aromatic rings. The Morgan fingerprint density at radius 1 is 1.52 bits per heavy atom. The number of carbonyl (C=O) groups excluding carboxylic acids is 1. The second kappa shape index (κ2) is 9.48. The van der Waals surface area contributed by atoms with Crippen molar-refractivity contribution in [2.24, 2.45) is 5.16 Å². The SMILES string of the molecule is CS/C(C)=N/OC(=O)N(C)S(=O)OCCc1ccccn1. The van der Waals surface area contributed by atoms with Crippen LogP contribution in [0.3, 0.4) is 0 Å². The average Bonchev–Trinajstić information content (AvgIpc) is 2.52. The molecule has 9 heteroatoms. The maximum Gasteiger partial charge on any atom is 0.449 e. The molecule has 116 valence electrons. The third kappa shape index (κ3) is 6.69. The van der Waals surface area contributed by atoms with Crippen LogP contribution in [-0.4, -0.2) is 44.5 Å². The summed E-state index contributed by atoms with van der Waals surface area (Å²) in [6.45, 7) is 1.87. The summed E-state index contributed by atoms with van der Waals surface area (Å²) >= 11 is -0.592. The van der Waals surface area contributed by atoms with Crippen LogP contribution in [0.2, 0.25) is 0 Å². The number of aromatic nitrogens is 1. The van der Waals surface area contributed by atoms with Gasteiger partial charge in [-0.3, -0.25) is 14.0 Å². The zero-order valence-electron chi connectivity index (χ0n) is 12.0. The molecule has 1 aromatic heterocycles. The number of carbonyl (C=O) groups is 1. The van der Waals surface area contributed by atoms with E-state index in [1.165, 1.54) is 18.8 Å². The molecular weight excluding hydrogens is 314 g/mol. The molecule has 1 heterocycles. The van der Waals surface area contributed by atoms with Gasteiger partial charge in [0.15, 0.2) is 0 Å². The van der Waals surface area contributed by atoms with Crippen molar-refractivity contribution >= 4 is 34.2 Å². The lowest BCUT2D eigenvalue weighted by Gasteiger charge is -2.12. The van der Waals surface area contributed by atoms with Crippen molar-refractivity contribution in [3.63, 3.8) is 0 Å². The van der Waals surface area contributed by atoms with Gasteiger partial charge in [-0.15, -0.1) is 11.8 Å². The van der Waals surface area contributed by atoms with Gasteiger partial charge in [-0.25, -0.2) is 13.3 Å². The Morgan fingerprint density at radius 2 is 2.29 bits per heavy atom. The van der Waals surface area contributed by atoms with Gasteiger partial charge in [0, 0.05) is 25.4 Å². The van der Waals surface area contributed by atoms with Crippen LogP contribution in [0.1, 0.15) is 12.6 Å². The molecule has 0 radical (unpaired) electrons. The van der Waals surface area contributed by atoms with Gasteiger partial charge in [-0.1, -0.05) is 11.2 Å². The molecule has 0 spiro atoms. The van der Waals surface area contributed by atoms with Crippen LogP contribution >= 0.6 is 11.8 Å². The first kappa shape index (κ1) is 17.6. The highest BCUT2D eigenvalue weighted by atomic mass is 32.2. The summed E-state index contributed by atoms with van der Waals surface area (Å²) in [6, 6.07) is 5.50.